The first-order chi connectivity index (χ1) is 14.0. The summed E-state index contributed by atoms with van der Waals surface area (Å²) in [5.41, 5.74) is 3.13. The van der Waals surface area contributed by atoms with Gasteiger partial charge in [0.2, 0.25) is 20.9 Å². The number of fused-ring (bicyclic) bond motifs is 1. The van der Waals surface area contributed by atoms with Gasteiger partial charge in [0.25, 0.3) is 5.71 Å². The summed E-state index contributed by atoms with van der Waals surface area (Å²) < 4.78 is 35.1. The first-order valence-electron chi connectivity index (χ1n) is 9.29. The van der Waals surface area contributed by atoms with Crippen molar-refractivity contribution in [1.82, 2.24) is 15.0 Å². The fourth-order valence-electron chi connectivity index (χ4n) is 3.11. The molecule has 3 aromatic rings. The number of nitrogens with zero attached hydrogens (tertiary/aromatic N) is 3. The van der Waals surface area contributed by atoms with Crippen LogP contribution in [0.1, 0.15) is 30.7 Å². The van der Waals surface area contributed by atoms with Gasteiger partial charge < -0.3 is 14.3 Å². The number of carboxylic acid groups (broad SMARTS) is 1. The van der Waals surface area contributed by atoms with E-state index in [-0.39, 0.29) is 22.7 Å². The Balaban J connectivity index is 2.12. The van der Waals surface area contributed by atoms with E-state index in [2.05, 4.69) is 15.0 Å². The second-order valence-electron chi connectivity index (χ2n) is 7.62. The number of hydrogen-bond acceptors (Lipinski definition) is 8. The molecule has 0 saturated carbocycles. The van der Waals surface area contributed by atoms with Gasteiger partial charge in [-0.25, -0.2) is 23.2 Å². The number of carbonyl (C=O) groups is 1. The van der Waals surface area contributed by atoms with Gasteiger partial charge in [-0.2, -0.15) is 4.98 Å². The number of aryl methyl sites for hydroxylation is 2. The van der Waals surface area contributed by atoms with Gasteiger partial charge in [0.05, 0.1) is 5.69 Å². The maximum atomic E-state index is 12.0. The number of aliphatic carboxylic acids is 1. The third-order valence-electron chi connectivity index (χ3n) is 4.29. The standard InChI is InChI=1S/C20H23N3O6S/c1-10(2)6-14-16-19(23-20(21-14)30(5,26)27)29-18(22-16)13-7-11(3)17(12(4)8-13)28-9-15(24)25/h7-8,10H,6,9H2,1-5H3,(H,24,25). The molecule has 0 amide bonds. The molecular weight excluding hydrogens is 410 g/mol. The molecule has 160 valence electrons. The van der Waals surface area contributed by atoms with E-state index >= 15 is 0 Å². The van der Waals surface area contributed by atoms with E-state index < -0.39 is 22.4 Å². The molecule has 10 heteroatoms. The van der Waals surface area contributed by atoms with Crippen LogP contribution in [0.4, 0.5) is 0 Å². The van der Waals surface area contributed by atoms with Crippen molar-refractivity contribution in [2.24, 2.45) is 5.92 Å². The van der Waals surface area contributed by atoms with Crippen molar-refractivity contribution < 1.29 is 27.5 Å². The van der Waals surface area contributed by atoms with Crippen LogP contribution in [0.25, 0.3) is 22.7 Å². The summed E-state index contributed by atoms with van der Waals surface area (Å²) in [6.07, 6.45) is 1.57. The minimum Gasteiger partial charge on any atom is -0.481 e. The molecule has 3 rings (SSSR count). The second kappa shape index (κ2) is 8.02. The Kier molecular flexibility index (Phi) is 5.80. The number of benzene rings is 1. The number of rotatable bonds is 7. The lowest BCUT2D eigenvalue weighted by Gasteiger charge is -2.11. The zero-order valence-corrected chi connectivity index (χ0v) is 18.2. The molecule has 1 aromatic carbocycles. The van der Waals surface area contributed by atoms with Crippen LogP contribution in [0, 0.1) is 19.8 Å². The molecular formula is C20H23N3O6S. The summed E-state index contributed by atoms with van der Waals surface area (Å²) in [4.78, 5) is 23.6. The van der Waals surface area contributed by atoms with Gasteiger partial charge in [0.1, 0.15) is 5.75 Å². The van der Waals surface area contributed by atoms with Crippen molar-refractivity contribution >= 4 is 27.0 Å². The van der Waals surface area contributed by atoms with Gasteiger partial charge >= 0.3 is 5.97 Å². The van der Waals surface area contributed by atoms with Crippen LogP contribution in [0.3, 0.4) is 0 Å². The maximum Gasteiger partial charge on any atom is 0.341 e. The topological polar surface area (TPSA) is 132 Å². The molecule has 0 bridgehead atoms. The number of sulfone groups is 1. The molecule has 0 aliphatic rings. The number of carboxylic acids is 1. The molecule has 0 unspecified atom stereocenters. The summed E-state index contributed by atoms with van der Waals surface area (Å²) in [7, 11) is -3.61. The Labute approximate surface area is 174 Å². The molecule has 0 atom stereocenters. The summed E-state index contributed by atoms with van der Waals surface area (Å²) in [5, 5.41) is 8.54. The summed E-state index contributed by atoms with van der Waals surface area (Å²) in [6.45, 7) is 7.14. The monoisotopic (exact) mass is 433 g/mol. The number of aromatic nitrogens is 3. The van der Waals surface area contributed by atoms with E-state index in [1.54, 1.807) is 26.0 Å². The summed E-state index contributed by atoms with van der Waals surface area (Å²) in [5.74, 6) is -0.0802. The predicted molar refractivity (Wildman–Crippen MR) is 109 cm³/mol. The van der Waals surface area contributed by atoms with Crippen molar-refractivity contribution in [3.8, 4) is 17.2 Å². The normalized spacial score (nSPS) is 11.9. The third kappa shape index (κ3) is 4.59. The maximum absolute atomic E-state index is 12.0. The lowest BCUT2D eigenvalue weighted by molar-refractivity contribution is -0.139. The van der Waals surface area contributed by atoms with Gasteiger partial charge in [-0.05, 0) is 49.4 Å². The molecule has 2 aromatic heterocycles. The van der Waals surface area contributed by atoms with Crippen LogP contribution in [0.15, 0.2) is 21.7 Å². The molecule has 2 heterocycles. The average Bonchev–Trinajstić information content (AvgIpc) is 3.04. The average molecular weight is 433 g/mol. The van der Waals surface area contributed by atoms with E-state index in [9.17, 15) is 13.2 Å². The Morgan fingerprint density at radius 1 is 1.17 bits per heavy atom. The molecule has 0 spiro atoms. The van der Waals surface area contributed by atoms with Crippen molar-refractivity contribution in [3.63, 3.8) is 0 Å². The van der Waals surface area contributed by atoms with Crippen LogP contribution in [-0.2, 0) is 21.1 Å². The fraction of sp³-hybridized carbons (Fsp3) is 0.400. The number of oxazole rings is 1. The van der Waals surface area contributed by atoms with Crippen LogP contribution in [-0.4, -0.2) is 47.3 Å². The fourth-order valence-corrected chi connectivity index (χ4v) is 3.63. The van der Waals surface area contributed by atoms with Crippen molar-refractivity contribution in [2.45, 2.75) is 39.3 Å². The zero-order chi connectivity index (χ0) is 22.2. The van der Waals surface area contributed by atoms with Gasteiger partial charge in [0.15, 0.2) is 12.1 Å². The van der Waals surface area contributed by atoms with E-state index in [1.807, 2.05) is 13.8 Å². The van der Waals surface area contributed by atoms with Gasteiger partial charge in [0, 0.05) is 11.8 Å². The van der Waals surface area contributed by atoms with Crippen LogP contribution < -0.4 is 4.74 Å². The Morgan fingerprint density at radius 2 is 1.80 bits per heavy atom. The number of ether oxygens (including phenoxy) is 1. The lowest BCUT2D eigenvalue weighted by atomic mass is 10.1. The molecule has 1 N–H and O–H groups in total. The highest BCUT2D eigenvalue weighted by molar-refractivity contribution is 7.90. The van der Waals surface area contributed by atoms with E-state index in [0.717, 1.165) is 17.4 Å². The van der Waals surface area contributed by atoms with E-state index in [1.165, 1.54) is 0 Å². The summed E-state index contributed by atoms with van der Waals surface area (Å²) in [6, 6.07) is 3.53. The SMILES string of the molecule is Cc1cc(-c2nc3c(CC(C)C)nc(S(C)(=O)=O)nc3o2)cc(C)c1OCC(=O)O. The van der Waals surface area contributed by atoms with Gasteiger partial charge in [-0.3, -0.25) is 0 Å². The molecule has 0 aliphatic carbocycles. The molecule has 0 aliphatic heterocycles. The number of hydrogen-bond donors (Lipinski definition) is 1. The van der Waals surface area contributed by atoms with Gasteiger partial charge in [-0.1, -0.05) is 13.8 Å². The van der Waals surface area contributed by atoms with E-state index in [0.29, 0.717) is 28.9 Å². The minimum absolute atomic E-state index is 0.109. The molecule has 0 radical (unpaired) electrons. The molecule has 0 saturated heterocycles. The Bertz CT molecular complexity index is 1210. The van der Waals surface area contributed by atoms with Crippen LogP contribution in [0.5, 0.6) is 5.75 Å². The minimum atomic E-state index is -3.61. The second-order valence-corrected chi connectivity index (χ2v) is 9.53. The first-order valence-corrected chi connectivity index (χ1v) is 11.2. The molecule has 30 heavy (non-hydrogen) atoms. The van der Waals surface area contributed by atoms with Crippen LogP contribution >= 0.6 is 0 Å². The van der Waals surface area contributed by atoms with E-state index in [4.69, 9.17) is 14.3 Å². The first kappa shape index (κ1) is 21.7. The predicted octanol–water partition coefficient (Wildman–Crippen LogP) is 2.97. The largest absolute Gasteiger partial charge is 0.481 e. The highest BCUT2D eigenvalue weighted by Crippen LogP contribution is 2.32. The van der Waals surface area contributed by atoms with Crippen molar-refractivity contribution in [2.75, 3.05) is 12.9 Å². The third-order valence-corrected chi connectivity index (χ3v) is 5.14. The van der Waals surface area contributed by atoms with Crippen LogP contribution in [0.2, 0.25) is 0 Å². The van der Waals surface area contributed by atoms with Crippen molar-refractivity contribution in [1.29, 1.82) is 0 Å². The van der Waals surface area contributed by atoms with Crippen molar-refractivity contribution in [3.05, 3.63) is 29.0 Å². The zero-order valence-electron chi connectivity index (χ0n) is 17.4. The highest BCUT2D eigenvalue weighted by Gasteiger charge is 2.22. The lowest BCUT2D eigenvalue weighted by Crippen LogP contribution is -2.11. The summed E-state index contributed by atoms with van der Waals surface area (Å²) >= 11 is 0. The molecule has 9 nitrogen and oxygen atoms in total. The Hall–Kier alpha value is -3.01. The smallest absolute Gasteiger partial charge is 0.341 e. The Morgan fingerprint density at radius 3 is 2.33 bits per heavy atom. The highest BCUT2D eigenvalue weighted by atomic mass is 32.2. The quantitative estimate of drug-likeness (QED) is 0.558. The van der Waals surface area contributed by atoms with Gasteiger partial charge in [-0.15, -0.1) is 0 Å². The molecule has 0 fully saturated rings.